The van der Waals surface area contributed by atoms with Crippen molar-refractivity contribution < 1.29 is 4.74 Å². The van der Waals surface area contributed by atoms with E-state index in [1.807, 2.05) is 18.2 Å². The first-order valence-corrected chi connectivity index (χ1v) is 8.58. The smallest absolute Gasteiger partial charge is 0.204 e. The fraction of sp³-hybridized carbons (Fsp3) is 0.316. The summed E-state index contributed by atoms with van der Waals surface area (Å²) < 4.78 is 5.39. The molecule has 0 amide bonds. The van der Waals surface area contributed by atoms with Crippen molar-refractivity contribution >= 4 is 0 Å². The first-order valence-electron chi connectivity index (χ1n) is 8.58. The zero-order chi connectivity index (χ0) is 16.9. The Balaban J connectivity index is 1.41. The lowest BCUT2D eigenvalue weighted by Gasteiger charge is -2.26. The second-order valence-electron chi connectivity index (χ2n) is 6.21. The van der Waals surface area contributed by atoms with Crippen LogP contribution in [-0.2, 0) is 17.8 Å². The lowest BCUT2D eigenvalue weighted by molar-refractivity contribution is 0.0342. The number of nitrogens with zero attached hydrogens (tertiary/aromatic N) is 5. The van der Waals surface area contributed by atoms with Crippen LogP contribution in [0.5, 0.6) is 0 Å². The van der Waals surface area contributed by atoms with Gasteiger partial charge in [-0.15, -0.1) is 10.2 Å². The van der Waals surface area contributed by atoms with Crippen molar-refractivity contribution in [2.75, 3.05) is 26.3 Å². The molecule has 1 aliphatic rings. The van der Waals surface area contributed by atoms with E-state index < -0.39 is 0 Å². The molecule has 2 heterocycles. The van der Waals surface area contributed by atoms with Crippen LogP contribution in [0.2, 0.25) is 0 Å². The largest absolute Gasteiger partial charge is 0.379 e. The third-order valence-corrected chi connectivity index (χ3v) is 4.34. The Bertz CT molecular complexity index is 794. The van der Waals surface area contributed by atoms with Crippen molar-refractivity contribution in [2.24, 2.45) is 0 Å². The molecule has 3 aromatic rings. The third kappa shape index (κ3) is 4.10. The fourth-order valence-electron chi connectivity index (χ4n) is 2.95. The molecule has 1 fully saturated rings. The monoisotopic (exact) mass is 335 g/mol. The van der Waals surface area contributed by atoms with Crippen LogP contribution >= 0.6 is 0 Å². The fourth-order valence-corrected chi connectivity index (χ4v) is 2.95. The molecule has 25 heavy (non-hydrogen) atoms. The van der Waals surface area contributed by atoms with Gasteiger partial charge >= 0.3 is 0 Å². The Morgan fingerprint density at radius 3 is 2.32 bits per heavy atom. The zero-order valence-electron chi connectivity index (χ0n) is 14.1. The number of morpholine rings is 1. The minimum atomic E-state index is 0.628. The molecule has 0 aliphatic carbocycles. The molecule has 0 unspecified atom stereocenters. The average Bonchev–Trinajstić information content (AvgIpc) is 3.12. The Kier molecular flexibility index (Phi) is 4.81. The lowest BCUT2D eigenvalue weighted by Crippen LogP contribution is -2.35. The van der Waals surface area contributed by atoms with Gasteiger partial charge in [0, 0.05) is 25.2 Å². The average molecular weight is 335 g/mol. The number of benzene rings is 2. The van der Waals surface area contributed by atoms with Crippen LogP contribution in [0.3, 0.4) is 0 Å². The van der Waals surface area contributed by atoms with E-state index in [1.54, 1.807) is 4.80 Å². The van der Waals surface area contributed by atoms with E-state index in [1.165, 1.54) is 5.56 Å². The standard InChI is InChI=1S/C19H21N5O/c1-2-4-16(5-3-1)15-24-21-19(20-22-24)18-8-6-17(7-9-18)14-23-10-12-25-13-11-23/h1-9H,10-15H2. The van der Waals surface area contributed by atoms with Gasteiger partial charge in [0.15, 0.2) is 0 Å². The maximum Gasteiger partial charge on any atom is 0.204 e. The van der Waals surface area contributed by atoms with Gasteiger partial charge in [0.05, 0.1) is 19.8 Å². The molecule has 1 saturated heterocycles. The first kappa shape index (κ1) is 15.9. The van der Waals surface area contributed by atoms with Crippen LogP contribution < -0.4 is 0 Å². The molecule has 0 radical (unpaired) electrons. The van der Waals surface area contributed by atoms with E-state index in [0.29, 0.717) is 12.4 Å². The summed E-state index contributed by atoms with van der Waals surface area (Å²) >= 11 is 0. The van der Waals surface area contributed by atoms with E-state index in [4.69, 9.17) is 4.74 Å². The molecule has 0 bridgehead atoms. The van der Waals surface area contributed by atoms with Crippen molar-refractivity contribution in [2.45, 2.75) is 13.1 Å². The van der Waals surface area contributed by atoms with Crippen LogP contribution in [0.25, 0.3) is 11.4 Å². The van der Waals surface area contributed by atoms with E-state index in [-0.39, 0.29) is 0 Å². The van der Waals surface area contributed by atoms with Crippen LogP contribution in [0.15, 0.2) is 54.6 Å². The van der Waals surface area contributed by atoms with Gasteiger partial charge in [-0.1, -0.05) is 54.6 Å². The second-order valence-corrected chi connectivity index (χ2v) is 6.21. The van der Waals surface area contributed by atoms with Crippen molar-refractivity contribution in [1.82, 2.24) is 25.1 Å². The van der Waals surface area contributed by atoms with E-state index in [0.717, 1.165) is 44.0 Å². The summed E-state index contributed by atoms with van der Waals surface area (Å²) in [5, 5.41) is 12.8. The summed E-state index contributed by atoms with van der Waals surface area (Å²) in [6, 6.07) is 18.6. The maximum absolute atomic E-state index is 5.39. The molecule has 6 nitrogen and oxygen atoms in total. The van der Waals surface area contributed by atoms with Gasteiger partial charge in [-0.05, 0) is 16.3 Å². The number of hydrogen-bond donors (Lipinski definition) is 0. The van der Waals surface area contributed by atoms with Crippen LogP contribution in [0.4, 0.5) is 0 Å². The normalized spacial score (nSPS) is 15.4. The topological polar surface area (TPSA) is 56.1 Å². The molecule has 1 aromatic heterocycles. The first-order chi connectivity index (χ1) is 12.4. The number of aromatic nitrogens is 4. The van der Waals surface area contributed by atoms with Gasteiger partial charge < -0.3 is 4.74 Å². The predicted molar refractivity (Wildman–Crippen MR) is 94.9 cm³/mol. The molecular weight excluding hydrogens is 314 g/mol. The maximum atomic E-state index is 5.39. The van der Waals surface area contributed by atoms with Crippen molar-refractivity contribution in [3.8, 4) is 11.4 Å². The summed E-state index contributed by atoms with van der Waals surface area (Å²) in [7, 11) is 0. The summed E-state index contributed by atoms with van der Waals surface area (Å²) in [5.74, 6) is 0.661. The van der Waals surface area contributed by atoms with Crippen LogP contribution in [-0.4, -0.2) is 51.4 Å². The minimum absolute atomic E-state index is 0.628. The second kappa shape index (κ2) is 7.55. The van der Waals surface area contributed by atoms with Crippen molar-refractivity contribution in [1.29, 1.82) is 0 Å². The highest BCUT2D eigenvalue weighted by Gasteiger charge is 2.11. The quantitative estimate of drug-likeness (QED) is 0.716. The Labute approximate surface area is 147 Å². The summed E-state index contributed by atoms with van der Waals surface area (Å²) in [5.41, 5.74) is 3.44. The minimum Gasteiger partial charge on any atom is -0.379 e. The number of hydrogen-bond acceptors (Lipinski definition) is 5. The predicted octanol–water partition coefficient (Wildman–Crippen LogP) is 2.22. The van der Waals surface area contributed by atoms with E-state index >= 15 is 0 Å². The highest BCUT2D eigenvalue weighted by Crippen LogP contribution is 2.16. The third-order valence-electron chi connectivity index (χ3n) is 4.34. The molecule has 6 heteroatoms. The Hall–Kier alpha value is -2.57. The molecule has 0 saturated carbocycles. The molecule has 128 valence electrons. The van der Waals surface area contributed by atoms with Gasteiger partial charge in [0.25, 0.3) is 0 Å². The SMILES string of the molecule is c1ccc(Cn2nnc(-c3ccc(CN4CCOCC4)cc3)n2)cc1. The van der Waals surface area contributed by atoms with Gasteiger partial charge in [0.2, 0.25) is 5.82 Å². The van der Waals surface area contributed by atoms with Crippen molar-refractivity contribution in [3.05, 3.63) is 65.7 Å². The number of tetrazole rings is 1. The van der Waals surface area contributed by atoms with E-state index in [2.05, 4.69) is 56.7 Å². The Morgan fingerprint density at radius 1 is 0.840 bits per heavy atom. The van der Waals surface area contributed by atoms with E-state index in [9.17, 15) is 0 Å². The molecule has 0 spiro atoms. The number of ether oxygens (including phenoxy) is 1. The highest BCUT2D eigenvalue weighted by atomic mass is 16.5. The van der Waals surface area contributed by atoms with Gasteiger partial charge in [0.1, 0.15) is 0 Å². The van der Waals surface area contributed by atoms with Crippen LogP contribution in [0.1, 0.15) is 11.1 Å². The number of rotatable bonds is 5. The molecule has 1 aliphatic heterocycles. The summed E-state index contributed by atoms with van der Waals surface area (Å²) in [6.45, 7) is 5.23. The summed E-state index contributed by atoms with van der Waals surface area (Å²) in [4.78, 5) is 4.04. The molecule has 0 N–H and O–H groups in total. The zero-order valence-corrected chi connectivity index (χ0v) is 14.1. The van der Waals surface area contributed by atoms with Crippen molar-refractivity contribution in [3.63, 3.8) is 0 Å². The Morgan fingerprint density at radius 2 is 1.56 bits per heavy atom. The highest BCUT2D eigenvalue weighted by molar-refractivity contribution is 5.54. The van der Waals surface area contributed by atoms with Gasteiger partial charge in [-0.25, -0.2) is 0 Å². The lowest BCUT2D eigenvalue weighted by atomic mass is 10.1. The van der Waals surface area contributed by atoms with Gasteiger partial charge in [-0.2, -0.15) is 4.80 Å². The molecular formula is C19H21N5O. The molecule has 0 atom stereocenters. The van der Waals surface area contributed by atoms with Crippen LogP contribution in [0, 0.1) is 0 Å². The molecule has 4 rings (SSSR count). The van der Waals surface area contributed by atoms with Gasteiger partial charge in [-0.3, -0.25) is 4.90 Å². The molecule has 2 aromatic carbocycles. The summed E-state index contributed by atoms with van der Waals surface area (Å²) in [6.07, 6.45) is 0.